The maximum atomic E-state index is 13.8. The molecule has 0 aliphatic heterocycles. The van der Waals surface area contributed by atoms with Gasteiger partial charge in [-0.15, -0.1) is 0 Å². The molecule has 6 nitrogen and oxygen atoms in total. The van der Waals surface area contributed by atoms with E-state index in [2.05, 4.69) is 15.3 Å². The van der Waals surface area contributed by atoms with Crippen LogP contribution in [0.1, 0.15) is 22.3 Å². The van der Waals surface area contributed by atoms with E-state index in [-0.39, 0.29) is 32.4 Å². The lowest BCUT2D eigenvalue weighted by Gasteiger charge is -2.10. The molecule has 0 aliphatic carbocycles. The summed E-state index contributed by atoms with van der Waals surface area (Å²) in [4.78, 5) is 7.19. The highest BCUT2D eigenvalue weighted by molar-refractivity contribution is 6.34. The fourth-order valence-electron chi connectivity index (χ4n) is 2.70. The molecule has 2 aromatic heterocycles. The van der Waals surface area contributed by atoms with Crippen molar-refractivity contribution >= 4 is 75.2 Å². The number of benzene rings is 2. The number of hydrogen-bond donors (Lipinski definition) is 2. The first-order valence-electron chi connectivity index (χ1n) is 10.6. The van der Waals surface area contributed by atoms with Gasteiger partial charge in [0.15, 0.2) is 22.6 Å². The molecule has 0 unspecified atom stereocenters. The van der Waals surface area contributed by atoms with Crippen molar-refractivity contribution in [3.63, 3.8) is 0 Å². The molecule has 0 atom stereocenters. The molecule has 39 heavy (non-hydrogen) atoms. The second-order valence-corrected chi connectivity index (χ2v) is 9.35. The first-order chi connectivity index (χ1) is 18.4. The number of nitriles is 2. The van der Waals surface area contributed by atoms with Gasteiger partial charge in [0, 0.05) is 0 Å². The average Bonchev–Trinajstić information content (AvgIpc) is 2.90. The Balaban J connectivity index is 0.000000226. The van der Waals surface area contributed by atoms with Crippen molar-refractivity contribution in [2.24, 2.45) is 0 Å². The van der Waals surface area contributed by atoms with E-state index in [0.717, 1.165) is 23.3 Å². The minimum Gasteiger partial charge on any atom is -0.398 e. The maximum Gasteiger partial charge on any atom is 0.168 e. The summed E-state index contributed by atoms with van der Waals surface area (Å²) in [6.45, 7) is 3.77. The minimum atomic E-state index is -0.743. The Labute approximate surface area is 248 Å². The number of hydrogen-bond acceptors (Lipinski definition) is 6. The monoisotopic (exact) mass is 626 g/mol. The predicted molar refractivity (Wildman–Crippen MR) is 153 cm³/mol. The number of nitrogens with zero attached hydrogens (tertiary/aromatic N) is 4. The Bertz CT molecular complexity index is 1560. The van der Waals surface area contributed by atoms with E-state index in [1.165, 1.54) is 0 Å². The lowest BCUT2D eigenvalue weighted by Crippen LogP contribution is -2.00. The standard InChI is InChI=1S/C13H8Cl2FN3.C7H8ClN.C6HCl2FN2/c1-7-3-2-4-10(11(7)14)18-13-9(16)5-8(6-17)12(15)19-13;1-5-3-2-4-6(9)7(5)8;7-5-3(2-10)1-4(9)6(8)11-5/h2-5H,1H3,(H,18,19);2-4H,9H2,1H3;1H. The van der Waals surface area contributed by atoms with Crippen LogP contribution in [0.15, 0.2) is 48.5 Å². The molecule has 3 N–H and O–H groups in total. The lowest BCUT2D eigenvalue weighted by molar-refractivity contribution is 0.621. The molecule has 4 aromatic rings. The van der Waals surface area contributed by atoms with Crippen LogP contribution in [0.25, 0.3) is 0 Å². The Kier molecular flexibility index (Phi) is 12.0. The zero-order chi connectivity index (χ0) is 29.3. The number of nitrogens with one attached hydrogen (secondary N) is 1. The molecule has 0 bridgehead atoms. The molecule has 0 radical (unpaired) electrons. The van der Waals surface area contributed by atoms with Crippen LogP contribution < -0.4 is 11.1 Å². The molecule has 0 aliphatic rings. The molecule has 4 rings (SSSR count). The first-order valence-corrected chi connectivity index (χ1v) is 12.5. The Morgan fingerprint density at radius 3 is 1.79 bits per heavy atom. The fraction of sp³-hybridized carbons (Fsp3) is 0.0769. The molecule has 0 saturated carbocycles. The van der Waals surface area contributed by atoms with Crippen LogP contribution in [-0.4, -0.2) is 9.97 Å². The molecule has 200 valence electrons. The largest absolute Gasteiger partial charge is 0.398 e. The number of aryl methyl sites for hydroxylation is 2. The van der Waals surface area contributed by atoms with Gasteiger partial charge in [0.2, 0.25) is 0 Å². The molecule has 2 heterocycles. The van der Waals surface area contributed by atoms with Gasteiger partial charge in [0.25, 0.3) is 0 Å². The summed E-state index contributed by atoms with van der Waals surface area (Å²) < 4.78 is 26.3. The highest BCUT2D eigenvalue weighted by atomic mass is 35.5. The molecular formula is C26H17Cl5F2N6. The van der Waals surface area contributed by atoms with E-state index < -0.39 is 11.6 Å². The van der Waals surface area contributed by atoms with Crippen LogP contribution in [0, 0.1) is 48.1 Å². The molecule has 13 heteroatoms. The first kappa shape index (κ1) is 31.8. The van der Waals surface area contributed by atoms with Gasteiger partial charge in [-0.1, -0.05) is 82.3 Å². The molecule has 2 aromatic carbocycles. The smallest absolute Gasteiger partial charge is 0.168 e. The Morgan fingerprint density at radius 1 is 0.744 bits per heavy atom. The van der Waals surface area contributed by atoms with Crippen molar-refractivity contribution in [3.8, 4) is 12.1 Å². The quantitative estimate of drug-likeness (QED) is 0.169. The normalized spacial score (nSPS) is 9.72. The molecule has 0 fully saturated rings. The van der Waals surface area contributed by atoms with Crippen LogP contribution in [0.3, 0.4) is 0 Å². The van der Waals surface area contributed by atoms with Crippen LogP contribution in [0.2, 0.25) is 25.5 Å². The van der Waals surface area contributed by atoms with Crippen LogP contribution in [0.5, 0.6) is 0 Å². The summed E-state index contributed by atoms with van der Waals surface area (Å²) in [5.41, 5.74) is 8.51. The topological polar surface area (TPSA) is 111 Å². The number of aromatic nitrogens is 2. The van der Waals surface area contributed by atoms with E-state index >= 15 is 0 Å². The lowest BCUT2D eigenvalue weighted by atomic mass is 10.2. The van der Waals surface area contributed by atoms with Crippen LogP contribution >= 0.6 is 58.0 Å². The third-order valence-electron chi connectivity index (χ3n) is 4.72. The van der Waals surface area contributed by atoms with Crippen molar-refractivity contribution in [1.29, 1.82) is 10.5 Å². The van der Waals surface area contributed by atoms with Gasteiger partial charge >= 0.3 is 0 Å². The van der Waals surface area contributed by atoms with Crippen molar-refractivity contribution in [1.82, 2.24) is 9.97 Å². The van der Waals surface area contributed by atoms with Crippen molar-refractivity contribution < 1.29 is 8.78 Å². The number of rotatable bonds is 2. The van der Waals surface area contributed by atoms with Crippen molar-refractivity contribution in [3.05, 3.63) is 108 Å². The number of nitrogens with two attached hydrogens (primary N) is 1. The summed E-state index contributed by atoms with van der Waals surface area (Å²) in [7, 11) is 0. The molecule has 0 amide bonds. The second-order valence-electron chi connectivity index (χ2n) is 7.52. The van der Waals surface area contributed by atoms with E-state index in [9.17, 15) is 8.78 Å². The van der Waals surface area contributed by atoms with E-state index in [1.807, 2.05) is 32.0 Å². The van der Waals surface area contributed by atoms with Crippen molar-refractivity contribution in [2.45, 2.75) is 13.8 Å². The van der Waals surface area contributed by atoms with Gasteiger partial charge in [0.05, 0.1) is 32.5 Å². The highest BCUT2D eigenvalue weighted by Gasteiger charge is 2.12. The summed E-state index contributed by atoms with van der Waals surface area (Å²) in [5.74, 6) is -1.48. The number of halogens is 7. The van der Waals surface area contributed by atoms with Gasteiger partial charge in [-0.25, -0.2) is 18.7 Å². The van der Waals surface area contributed by atoms with Gasteiger partial charge in [-0.05, 0) is 49.2 Å². The van der Waals surface area contributed by atoms with E-state index in [4.69, 9.17) is 74.3 Å². The minimum absolute atomic E-state index is 0.0138. The SMILES string of the molecule is Cc1cccc(N)c1Cl.Cc1cccc(Nc2nc(Cl)c(C#N)cc2F)c1Cl.N#Cc1cc(F)c(Cl)nc1Cl. The fourth-order valence-corrected chi connectivity index (χ4v) is 3.54. The highest BCUT2D eigenvalue weighted by Crippen LogP contribution is 2.29. The van der Waals surface area contributed by atoms with Crippen molar-refractivity contribution in [2.75, 3.05) is 11.1 Å². The van der Waals surface area contributed by atoms with E-state index in [0.29, 0.717) is 21.4 Å². The van der Waals surface area contributed by atoms with E-state index in [1.54, 1.807) is 30.3 Å². The van der Waals surface area contributed by atoms with Gasteiger partial charge in [-0.2, -0.15) is 10.5 Å². The van der Waals surface area contributed by atoms with Crippen LogP contribution in [0.4, 0.5) is 26.0 Å². The average molecular weight is 629 g/mol. The zero-order valence-electron chi connectivity index (χ0n) is 20.1. The predicted octanol–water partition coefficient (Wildman–Crippen LogP) is 9.08. The summed E-state index contributed by atoms with van der Waals surface area (Å²) >= 11 is 28.3. The number of anilines is 3. The Hall–Kier alpha value is -3.37. The number of nitrogen functional groups attached to an aromatic ring is 1. The van der Waals surface area contributed by atoms with Gasteiger partial charge in [0.1, 0.15) is 22.4 Å². The zero-order valence-corrected chi connectivity index (χ0v) is 23.9. The van der Waals surface area contributed by atoms with Gasteiger partial charge < -0.3 is 11.1 Å². The molecule has 0 spiro atoms. The summed E-state index contributed by atoms with van der Waals surface area (Å²) in [6, 6.07) is 16.3. The number of pyridine rings is 2. The Morgan fingerprint density at radius 2 is 1.26 bits per heavy atom. The summed E-state index contributed by atoms with van der Waals surface area (Å²) in [6.07, 6.45) is 0. The maximum absolute atomic E-state index is 13.8. The van der Waals surface area contributed by atoms with Gasteiger partial charge in [-0.3, -0.25) is 0 Å². The summed E-state index contributed by atoms with van der Waals surface area (Å²) in [5, 5.41) is 20.5. The molecular weight excluding hydrogens is 612 g/mol. The molecule has 0 saturated heterocycles. The van der Waals surface area contributed by atoms with Crippen LogP contribution in [-0.2, 0) is 0 Å². The third kappa shape index (κ3) is 8.83. The third-order valence-corrected chi connectivity index (χ3v) is 6.58. The second kappa shape index (κ2) is 14.7.